The number of anilines is 1. The Kier molecular flexibility index (Phi) is 4.37. The van der Waals surface area contributed by atoms with Crippen molar-refractivity contribution in [2.45, 2.75) is 20.3 Å². The van der Waals surface area contributed by atoms with Crippen LogP contribution in [0.2, 0.25) is 0 Å². The number of carboxylic acid groups (broad SMARTS) is 1. The number of oxazole rings is 1. The van der Waals surface area contributed by atoms with Gasteiger partial charge in [-0.2, -0.15) is 0 Å². The van der Waals surface area contributed by atoms with E-state index in [1.165, 1.54) is 6.39 Å². The molecule has 110 valence electrons. The van der Waals surface area contributed by atoms with Crippen molar-refractivity contribution < 1.29 is 19.1 Å². The first-order chi connectivity index (χ1) is 9.97. The second-order valence-corrected chi connectivity index (χ2v) is 4.86. The average Bonchev–Trinajstić information content (AvgIpc) is 2.87. The van der Waals surface area contributed by atoms with Gasteiger partial charge in [0.1, 0.15) is 0 Å². The quantitative estimate of drug-likeness (QED) is 0.881. The number of nitrogens with one attached hydrogen (secondary N) is 1. The van der Waals surface area contributed by atoms with E-state index in [2.05, 4.69) is 10.3 Å². The Morgan fingerprint density at radius 3 is 2.52 bits per heavy atom. The highest BCUT2D eigenvalue weighted by molar-refractivity contribution is 6.02. The Hall–Kier alpha value is -2.63. The molecule has 6 heteroatoms. The zero-order valence-corrected chi connectivity index (χ0v) is 11.8. The molecule has 1 heterocycles. The number of hydrogen-bond acceptors (Lipinski definition) is 4. The van der Waals surface area contributed by atoms with E-state index in [0.717, 1.165) is 5.56 Å². The van der Waals surface area contributed by atoms with Crippen LogP contribution in [0.1, 0.15) is 28.7 Å². The summed E-state index contributed by atoms with van der Waals surface area (Å²) in [6, 6.07) is 7.05. The number of benzene rings is 1. The molecule has 1 amide bonds. The number of hydrogen-bond donors (Lipinski definition) is 2. The van der Waals surface area contributed by atoms with Crippen LogP contribution in [0.4, 0.5) is 5.69 Å². The Morgan fingerprint density at radius 2 is 2.00 bits per heavy atom. The monoisotopic (exact) mass is 288 g/mol. The maximum Gasteiger partial charge on any atom is 0.306 e. The summed E-state index contributed by atoms with van der Waals surface area (Å²) < 4.78 is 5.01. The molecule has 6 nitrogen and oxygen atoms in total. The van der Waals surface area contributed by atoms with Gasteiger partial charge >= 0.3 is 5.97 Å². The summed E-state index contributed by atoms with van der Waals surface area (Å²) in [7, 11) is 0. The number of aromatic nitrogens is 1. The minimum Gasteiger partial charge on any atom is -0.481 e. The smallest absolute Gasteiger partial charge is 0.306 e. The topological polar surface area (TPSA) is 92.4 Å². The minimum atomic E-state index is -0.826. The molecule has 0 spiro atoms. The first-order valence-corrected chi connectivity index (χ1v) is 6.50. The third-order valence-electron chi connectivity index (χ3n) is 3.13. The van der Waals surface area contributed by atoms with Gasteiger partial charge in [0.05, 0.1) is 11.6 Å². The van der Waals surface area contributed by atoms with Gasteiger partial charge in [0.2, 0.25) is 5.76 Å². The fourth-order valence-electron chi connectivity index (χ4n) is 1.87. The molecular formula is C15H16N2O4. The Labute approximate surface area is 121 Å². The summed E-state index contributed by atoms with van der Waals surface area (Å²) in [5.41, 5.74) is 2.04. The number of aliphatic carboxylic acids is 1. The van der Waals surface area contributed by atoms with Gasteiger partial charge in [-0.15, -0.1) is 0 Å². The number of rotatable bonds is 5. The number of amides is 1. The average molecular weight is 288 g/mol. The third kappa shape index (κ3) is 3.68. The van der Waals surface area contributed by atoms with Crippen LogP contribution in [0.15, 0.2) is 35.1 Å². The maximum absolute atomic E-state index is 11.9. The number of carbonyl (C=O) groups excluding carboxylic acids is 1. The fraction of sp³-hybridized carbons (Fsp3) is 0.267. The largest absolute Gasteiger partial charge is 0.481 e. The Morgan fingerprint density at radius 1 is 1.33 bits per heavy atom. The Bertz CT molecular complexity index is 646. The van der Waals surface area contributed by atoms with Crippen LogP contribution < -0.4 is 5.32 Å². The lowest BCUT2D eigenvalue weighted by molar-refractivity contribution is -0.141. The van der Waals surface area contributed by atoms with E-state index < -0.39 is 11.9 Å². The van der Waals surface area contributed by atoms with Gasteiger partial charge in [-0.3, -0.25) is 9.59 Å². The lowest BCUT2D eigenvalue weighted by atomic mass is 10.0. The van der Waals surface area contributed by atoms with E-state index >= 15 is 0 Å². The van der Waals surface area contributed by atoms with Gasteiger partial charge in [-0.25, -0.2) is 4.98 Å². The molecule has 0 fully saturated rings. The molecule has 1 aromatic carbocycles. The summed E-state index contributed by atoms with van der Waals surface area (Å²) in [6.07, 6.45) is 1.67. The van der Waals surface area contributed by atoms with Gasteiger partial charge < -0.3 is 14.8 Å². The lowest BCUT2D eigenvalue weighted by Gasteiger charge is -2.08. The molecule has 0 aliphatic rings. The minimum absolute atomic E-state index is 0.179. The molecule has 0 saturated carbocycles. The molecule has 2 rings (SSSR count). The summed E-state index contributed by atoms with van der Waals surface area (Å²) in [6.45, 7) is 3.35. The van der Waals surface area contributed by atoms with Crippen molar-refractivity contribution in [2.24, 2.45) is 5.92 Å². The van der Waals surface area contributed by atoms with Gasteiger partial charge in [-0.05, 0) is 31.0 Å². The predicted molar refractivity (Wildman–Crippen MR) is 76.1 cm³/mol. The third-order valence-corrected chi connectivity index (χ3v) is 3.13. The molecule has 21 heavy (non-hydrogen) atoms. The molecule has 0 saturated heterocycles. The van der Waals surface area contributed by atoms with Crippen LogP contribution in [0.3, 0.4) is 0 Å². The molecule has 0 aliphatic carbocycles. The highest BCUT2D eigenvalue weighted by Gasteiger charge is 2.14. The SMILES string of the molecule is Cc1ncoc1C(=O)Nc1ccc(CC(C)C(=O)O)cc1. The van der Waals surface area contributed by atoms with Gasteiger partial charge in [0.25, 0.3) is 5.91 Å². The van der Waals surface area contributed by atoms with Crippen molar-refractivity contribution in [3.8, 4) is 0 Å². The van der Waals surface area contributed by atoms with E-state index in [-0.39, 0.29) is 11.7 Å². The van der Waals surface area contributed by atoms with Crippen LogP contribution >= 0.6 is 0 Å². The highest BCUT2D eigenvalue weighted by Crippen LogP contribution is 2.15. The normalized spacial score (nSPS) is 11.9. The van der Waals surface area contributed by atoms with Crippen LogP contribution in [0.25, 0.3) is 0 Å². The molecule has 0 bridgehead atoms. The van der Waals surface area contributed by atoms with Crippen LogP contribution in [0, 0.1) is 12.8 Å². The summed E-state index contributed by atoms with van der Waals surface area (Å²) >= 11 is 0. The van der Waals surface area contributed by atoms with Crippen molar-refractivity contribution in [1.82, 2.24) is 4.98 Å². The molecule has 2 N–H and O–H groups in total. The van der Waals surface area contributed by atoms with Crippen molar-refractivity contribution in [3.63, 3.8) is 0 Å². The van der Waals surface area contributed by atoms with Crippen molar-refractivity contribution in [1.29, 1.82) is 0 Å². The molecule has 1 aromatic heterocycles. The number of nitrogens with zero attached hydrogens (tertiary/aromatic N) is 1. The fourth-order valence-corrected chi connectivity index (χ4v) is 1.87. The van der Waals surface area contributed by atoms with Crippen molar-refractivity contribution in [3.05, 3.63) is 47.7 Å². The molecule has 1 unspecified atom stereocenters. The van der Waals surface area contributed by atoms with Gasteiger partial charge in [-0.1, -0.05) is 19.1 Å². The zero-order valence-electron chi connectivity index (χ0n) is 11.8. The zero-order chi connectivity index (χ0) is 15.4. The Balaban J connectivity index is 2.01. The highest BCUT2D eigenvalue weighted by atomic mass is 16.4. The summed E-state index contributed by atoms with van der Waals surface area (Å²) in [5, 5.41) is 11.6. The second-order valence-electron chi connectivity index (χ2n) is 4.86. The molecule has 0 aliphatic heterocycles. The lowest BCUT2D eigenvalue weighted by Crippen LogP contribution is -2.13. The number of carboxylic acids is 1. The first kappa shape index (κ1) is 14.8. The molecule has 0 radical (unpaired) electrons. The maximum atomic E-state index is 11.9. The van der Waals surface area contributed by atoms with Crippen LogP contribution in [0.5, 0.6) is 0 Å². The van der Waals surface area contributed by atoms with Crippen molar-refractivity contribution in [2.75, 3.05) is 5.32 Å². The molecule has 2 aromatic rings. The van der Waals surface area contributed by atoms with E-state index in [4.69, 9.17) is 9.52 Å². The van der Waals surface area contributed by atoms with E-state index in [1.807, 2.05) is 0 Å². The van der Waals surface area contributed by atoms with E-state index in [0.29, 0.717) is 17.8 Å². The van der Waals surface area contributed by atoms with Crippen molar-refractivity contribution >= 4 is 17.6 Å². The van der Waals surface area contributed by atoms with Crippen LogP contribution in [-0.2, 0) is 11.2 Å². The predicted octanol–water partition coefficient (Wildman–Crippen LogP) is 2.50. The van der Waals surface area contributed by atoms with E-state index in [1.54, 1.807) is 38.1 Å². The van der Waals surface area contributed by atoms with Gasteiger partial charge in [0.15, 0.2) is 6.39 Å². The first-order valence-electron chi connectivity index (χ1n) is 6.50. The standard InChI is InChI=1S/C15H16N2O4/c1-9(15(19)20)7-11-3-5-12(6-4-11)17-14(18)13-10(2)16-8-21-13/h3-6,8-9H,7H2,1-2H3,(H,17,18)(H,19,20). The number of aryl methyl sites for hydroxylation is 1. The molecule has 1 atom stereocenters. The summed E-state index contributed by atoms with van der Waals surface area (Å²) in [5.74, 6) is -1.45. The molecular weight excluding hydrogens is 272 g/mol. The number of carbonyl (C=O) groups is 2. The second kappa shape index (κ2) is 6.21. The van der Waals surface area contributed by atoms with E-state index in [9.17, 15) is 9.59 Å². The van der Waals surface area contributed by atoms with Crippen LogP contribution in [-0.4, -0.2) is 22.0 Å². The van der Waals surface area contributed by atoms with Gasteiger partial charge in [0, 0.05) is 5.69 Å². The summed E-state index contributed by atoms with van der Waals surface area (Å²) in [4.78, 5) is 26.6.